The van der Waals surface area contributed by atoms with Crippen molar-refractivity contribution in [1.82, 2.24) is 10.1 Å². The van der Waals surface area contributed by atoms with Gasteiger partial charge in [0.15, 0.2) is 0 Å². The molecule has 1 heterocycles. The number of aryl methyl sites for hydroxylation is 1. The van der Waals surface area contributed by atoms with Gasteiger partial charge in [0.2, 0.25) is 11.7 Å². The molecule has 0 radical (unpaired) electrons. The highest BCUT2D eigenvalue weighted by Crippen LogP contribution is 2.29. The summed E-state index contributed by atoms with van der Waals surface area (Å²) in [7, 11) is 1.63. The summed E-state index contributed by atoms with van der Waals surface area (Å²) in [4.78, 5) is 4.39. The molecule has 20 heavy (non-hydrogen) atoms. The largest absolute Gasteiger partial charge is 0.496 e. The molecule has 0 saturated heterocycles. The molecule has 5 nitrogen and oxygen atoms in total. The van der Waals surface area contributed by atoms with Crippen LogP contribution in [0.2, 0.25) is 0 Å². The number of aromatic nitrogens is 2. The highest BCUT2D eigenvalue weighted by molar-refractivity contribution is 5.64. The van der Waals surface area contributed by atoms with Crippen LogP contribution in [0.5, 0.6) is 5.75 Å². The predicted molar refractivity (Wildman–Crippen MR) is 77.4 cm³/mol. The Bertz CT molecular complexity index is 578. The molecule has 1 aromatic carbocycles. The topological polar surface area (TPSA) is 74.2 Å². The molecule has 108 valence electrons. The summed E-state index contributed by atoms with van der Waals surface area (Å²) in [5.41, 5.74) is 7.98. The van der Waals surface area contributed by atoms with Gasteiger partial charge in [-0.15, -0.1) is 0 Å². The smallest absolute Gasteiger partial charge is 0.243 e. The minimum Gasteiger partial charge on any atom is -0.496 e. The first-order chi connectivity index (χ1) is 9.51. The van der Waals surface area contributed by atoms with E-state index < -0.39 is 0 Å². The van der Waals surface area contributed by atoms with Gasteiger partial charge in [0.1, 0.15) is 5.75 Å². The Morgan fingerprint density at radius 3 is 2.75 bits per heavy atom. The molecule has 0 aliphatic carbocycles. The lowest BCUT2D eigenvalue weighted by Crippen LogP contribution is -2.13. The average molecular weight is 275 g/mol. The van der Waals surface area contributed by atoms with E-state index in [-0.39, 0.29) is 6.04 Å². The molecule has 5 heteroatoms. The fraction of sp³-hybridized carbons (Fsp3) is 0.467. The van der Waals surface area contributed by atoms with Crippen molar-refractivity contribution in [3.05, 3.63) is 29.7 Å². The Labute approximate surface area is 119 Å². The van der Waals surface area contributed by atoms with Gasteiger partial charge < -0.3 is 15.0 Å². The second-order valence-corrected chi connectivity index (χ2v) is 5.40. The highest BCUT2D eigenvalue weighted by Gasteiger charge is 2.18. The second kappa shape index (κ2) is 6.05. The summed E-state index contributed by atoms with van der Waals surface area (Å²) in [6, 6.07) is 5.63. The summed E-state index contributed by atoms with van der Waals surface area (Å²) in [6.45, 7) is 6.23. The van der Waals surface area contributed by atoms with Gasteiger partial charge in [0, 0.05) is 0 Å². The minimum atomic E-state index is -0.229. The molecule has 2 rings (SSSR count). The standard InChI is InChI=1S/C15H21N3O2/c1-9(2)7-12(16)15-17-14(18-20-15)11-6-5-10(3)8-13(11)19-4/h5-6,8-9,12H,7,16H2,1-4H3. The van der Waals surface area contributed by atoms with Gasteiger partial charge in [0.25, 0.3) is 0 Å². The first-order valence-corrected chi connectivity index (χ1v) is 6.75. The fourth-order valence-corrected chi connectivity index (χ4v) is 2.09. The van der Waals surface area contributed by atoms with Crippen molar-refractivity contribution >= 4 is 0 Å². The van der Waals surface area contributed by atoms with Crippen molar-refractivity contribution in [1.29, 1.82) is 0 Å². The number of hydrogen-bond acceptors (Lipinski definition) is 5. The van der Waals surface area contributed by atoms with Crippen molar-refractivity contribution in [3.63, 3.8) is 0 Å². The first kappa shape index (κ1) is 14.5. The van der Waals surface area contributed by atoms with Crippen LogP contribution in [0.1, 0.15) is 37.8 Å². The van der Waals surface area contributed by atoms with Gasteiger partial charge in [0.05, 0.1) is 18.7 Å². The molecule has 0 bridgehead atoms. The van der Waals surface area contributed by atoms with Crippen LogP contribution in [-0.2, 0) is 0 Å². The molecule has 0 aliphatic heterocycles. The summed E-state index contributed by atoms with van der Waals surface area (Å²) in [5.74, 6) is 2.19. The number of rotatable bonds is 5. The van der Waals surface area contributed by atoms with E-state index in [0.29, 0.717) is 17.6 Å². The third-order valence-corrected chi connectivity index (χ3v) is 3.08. The molecule has 0 fully saturated rings. The van der Waals surface area contributed by atoms with Crippen LogP contribution in [0, 0.1) is 12.8 Å². The Morgan fingerprint density at radius 2 is 2.10 bits per heavy atom. The Kier molecular flexibility index (Phi) is 4.39. The SMILES string of the molecule is COc1cc(C)ccc1-c1noc(C(N)CC(C)C)n1. The van der Waals surface area contributed by atoms with Gasteiger partial charge in [-0.25, -0.2) is 0 Å². The van der Waals surface area contributed by atoms with Crippen LogP contribution in [0.15, 0.2) is 22.7 Å². The number of ether oxygens (including phenoxy) is 1. The van der Waals surface area contributed by atoms with Crippen LogP contribution < -0.4 is 10.5 Å². The van der Waals surface area contributed by atoms with Crippen molar-refractivity contribution in [3.8, 4) is 17.1 Å². The molecule has 2 aromatic rings. The van der Waals surface area contributed by atoms with E-state index in [9.17, 15) is 0 Å². The Balaban J connectivity index is 2.29. The van der Waals surface area contributed by atoms with Crippen LogP contribution >= 0.6 is 0 Å². The van der Waals surface area contributed by atoms with E-state index in [2.05, 4.69) is 24.0 Å². The first-order valence-electron chi connectivity index (χ1n) is 6.75. The predicted octanol–water partition coefficient (Wildman–Crippen LogP) is 3.10. The molecule has 0 spiro atoms. The number of benzene rings is 1. The molecule has 0 saturated carbocycles. The van der Waals surface area contributed by atoms with Crippen LogP contribution in [-0.4, -0.2) is 17.3 Å². The molecular weight excluding hydrogens is 254 g/mol. The zero-order valence-electron chi connectivity index (χ0n) is 12.4. The van der Waals surface area contributed by atoms with E-state index in [1.807, 2.05) is 25.1 Å². The molecule has 1 unspecified atom stereocenters. The maximum Gasteiger partial charge on any atom is 0.243 e. The molecule has 2 N–H and O–H groups in total. The van der Waals surface area contributed by atoms with Crippen molar-refractivity contribution in [2.24, 2.45) is 11.7 Å². The maximum atomic E-state index is 6.05. The fourth-order valence-electron chi connectivity index (χ4n) is 2.09. The second-order valence-electron chi connectivity index (χ2n) is 5.40. The molecule has 0 aliphatic rings. The van der Waals surface area contributed by atoms with Crippen LogP contribution in [0.4, 0.5) is 0 Å². The Hall–Kier alpha value is -1.88. The summed E-state index contributed by atoms with van der Waals surface area (Å²) >= 11 is 0. The van der Waals surface area contributed by atoms with Crippen molar-refractivity contribution in [2.45, 2.75) is 33.2 Å². The average Bonchev–Trinajstić information content (AvgIpc) is 2.87. The van der Waals surface area contributed by atoms with Crippen LogP contribution in [0.3, 0.4) is 0 Å². The van der Waals surface area contributed by atoms with Gasteiger partial charge in [-0.2, -0.15) is 4.98 Å². The molecule has 0 amide bonds. The Morgan fingerprint density at radius 1 is 1.35 bits per heavy atom. The van der Waals surface area contributed by atoms with Gasteiger partial charge in [-0.1, -0.05) is 25.1 Å². The van der Waals surface area contributed by atoms with E-state index >= 15 is 0 Å². The lowest BCUT2D eigenvalue weighted by molar-refractivity contribution is 0.335. The lowest BCUT2D eigenvalue weighted by atomic mass is 10.0. The molecule has 1 aromatic heterocycles. The van der Waals surface area contributed by atoms with Gasteiger partial charge in [-0.05, 0) is 37.0 Å². The molecular formula is C15H21N3O2. The normalized spacial score (nSPS) is 12.7. The summed E-state index contributed by atoms with van der Waals surface area (Å²) in [6.07, 6.45) is 0.812. The maximum absolute atomic E-state index is 6.05. The zero-order valence-corrected chi connectivity index (χ0v) is 12.4. The van der Waals surface area contributed by atoms with Crippen molar-refractivity contribution < 1.29 is 9.26 Å². The van der Waals surface area contributed by atoms with Gasteiger partial charge >= 0.3 is 0 Å². The third-order valence-electron chi connectivity index (χ3n) is 3.08. The number of methoxy groups -OCH3 is 1. The van der Waals surface area contributed by atoms with Crippen LogP contribution in [0.25, 0.3) is 11.4 Å². The van der Waals surface area contributed by atoms with E-state index in [0.717, 1.165) is 23.3 Å². The highest BCUT2D eigenvalue weighted by atomic mass is 16.5. The monoisotopic (exact) mass is 275 g/mol. The lowest BCUT2D eigenvalue weighted by Gasteiger charge is -2.08. The minimum absolute atomic E-state index is 0.229. The molecule has 1 atom stereocenters. The number of hydrogen-bond donors (Lipinski definition) is 1. The summed E-state index contributed by atoms with van der Waals surface area (Å²) < 4.78 is 10.6. The van der Waals surface area contributed by atoms with E-state index in [1.165, 1.54) is 0 Å². The zero-order chi connectivity index (χ0) is 14.7. The quantitative estimate of drug-likeness (QED) is 0.907. The van der Waals surface area contributed by atoms with E-state index in [1.54, 1.807) is 7.11 Å². The number of nitrogens with two attached hydrogens (primary N) is 1. The van der Waals surface area contributed by atoms with Crippen molar-refractivity contribution in [2.75, 3.05) is 7.11 Å². The van der Waals surface area contributed by atoms with E-state index in [4.69, 9.17) is 15.0 Å². The number of nitrogens with zero attached hydrogens (tertiary/aromatic N) is 2. The van der Waals surface area contributed by atoms with Gasteiger partial charge in [-0.3, -0.25) is 0 Å². The summed E-state index contributed by atoms with van der Waals surface area (Å²) in [5, 5.41) is 4.01. The third kappa shape index (κ3) is 3.17.